The topological polar surface area (TPSA) is 21.3 Å². The largest absolute Gasteiger partial charge is 0.492 e. The summed E-state index contributed by atoms with van der Waals surface area (Å²) in [6, 6.07) is 8.25. The van der Waals surface area contributed by atoms with Crippen molar-refractivity contribution in [3.63, 3.8) is 0 Å². The Balaban J connectivity index is 1.88. The van der Waals surface area contributed by atoms with Gasteiger partial charge in [-0.05, 0) is 37.8 Å². The molecule has 0 aromatic heterocycles. The molecule has 18 heavy (non-hydrogen) atoms. The Labute approximate surface area is 111 Å². The first-order chi connectivity index (χ1) is 8.90. The van der Waals surface area contributed by atoms with Gasteiger partial charge in [-0.25, -0.2) is 0 Å². The zero-order chi connectivity index (χ0) is 12.6. The van der Waals surface area contributed by atoms with Gasteiger partial charge < -0.3 is 10.1 Å². The lowest BCUT2D eigenvalue weighted by molar-refractivity contribution is 0.341. The van der Waals surface area contributed by atoms with Gasteiger partial charge in [-0.3, -0.25) is 0 Å². The quantitative estimate of drug-likeness (QED) is 0.775. The first kappa shape index (κ1) is 13.3. The molecule has 1 N–H and O–H groups in total. The van der Waals surface area contributed by atoms with Gasteiger partial charge in [0.15, 0.2) is 0 Å². The number of ether oxygens (including phenoxy) is 1. The summed E-state index contributed by atoms with van der Waals surface area (Å²) in [6.07, 6.45) is 8.41. The SMILES string of the molecule is CCOc1ccccc1NCC1CCCCCC1. The third-order valence-corrected chi connectivity index (χ3v) is 3.74. The van der Waals surface area contributed by atoms with Crippen molar-refractivity contribution < 1.29 is 4.74 Å². The van der Waals surface area contributed by atoms with E-state index in [1.54, 1.807) is 0 Å². The predicted molar refractivity (Wildman–Crippen MR) is 77.3 cm³/mol. The van der Waals surface area contributed by atoms with Gasteiger partial charge in [0.05, 0.1) is 12.3 Å². The van der Waals surface area contributed by atoms with Crippen LogP contribution in [0.25, 0.3) is 0 Å². The number of nitrogens with one attached hydrogen (secondary N) is 1. The Morgan fingerprint density at radius 2 is 1.83 bits per heavy atom. The van der Waals surface area contributed by atoms with Crippen LogP contribution in [0.3, 0.4) is 0 Å². The molecule has 0 aliphatic heterocycles. The Hall–Kier alpha value is -1.18. The molecule has 1 aromatic carbocycles. The zero-order valence-electron chi connectivity index (χ0n) is 11.5. The second-order valence-electron chi connectivity index (χ2n) is 5.17. The molecule has 1 aliphatic rings. The van der Waals surface area contributed by atoms with E-state index in [0.29, 0.717) is 0 Å². The molecule has 1 fully saturated rings. The Bertz CT molecular complexity index is 343. The van der Waals surface area contributed by atoms with E-state index in [9.17, 15) is 0 Å². The summed E-state index contributed by atoms with van der Waals surface area (Å²) in [5.74, 6) is 1.82. The van der Waals surface area contributed by atoms with Gasteiger partial charge in [0.1, 0.15) is 5.75 Å². The van der Waals surface area contributed by atoms with Crippen molar-refractivity contribution in [2.45, 2.75) is 45.4 Å². The average Bonchev–Trinajstić information content (AvgIpc) is 2.67. The van der Waals surface area contributed by atoms with Crippen molar-refractivity contribution in [1.29, 1.82) is 0 Å². The Kier molecular flexibility index (Phi) is 5.37. The molecule has 2 heteroatoms. The van der Waals surface area contributed by atoms with Crippen LogP contribution in [0.4, 0.5) is 5.69 Å². The van der Waals surface area contributed by atoms with Gasteiger partial charge in [-0.2, -0.15) is 0 Å². The molecule has 0 amide bonds. The highest BCUT2D eigenvalue weighted by Gasteiger charge is 2.12. The highest BCUT2D eigenvalue weighted by atomic mass is 16.5. The number of anilines is 1. The Morgan fingerprint density at radius 3 is 2.56 bits per heavy atom. The van der Waals surface area contributed by atoms with E-state index in [4.69, 9.17) is 4.74 Å². The number of hydrogen-bond acceptors (Lipinski definition) is 2. The molecule has 0 bridgehead atoms. The van der Waals surface area contributed by atoms with E-state index in [0.717, 1.165) is 30.5 Å². The summed E-state index contributed by atoms with van der Waals surface area (Å²) in [6.45, 7) is 3.84. The lowest BCUT2D eigenvalue weighted by Crippen LogP contribution is -2.14. The van der Waals surface area contributed by atoms with Crippen LogP contribution in [0.5, 0.6) is 5.75 Å². The molecule has 2 rings (SSSR count). The minimum Gasteiger partial charge on any atom is -0.492 e. The molecule has 1 aromatic rings. The third-order valence-electron chi connectivity index (χ3n) is 3.74. The van der Waals surface area contributed by atoms with E-state index >= 15 is 0 Å². The van der Waals surface area contributed by atoms with Crippen LogP contribution in [-0.2, 0) is 0 Å². The van der Waals surface area contributed by atoms with Crippen LogP contribution in [0.2, 0.25) is 0 Å². The van der Waals surface area contributed by atoms with Crippen LogP contribution in [0.1, 0.15) is 45.4 Å². The highest BCUT2D eigenvalue weighted by molar-refractivity contribution is 5.56. The molecule has 0 atom stereocenters. The van der Waals surface area contributed by atoms with E-state index in [-0.39, 0.29) is 0 Å². The van der Waals surface area contributed by atoms with Crippen LogP contribution in [0, 0.1) is 5.92 Å². The number of benzene rings is 1. The standard InChI is InChI=1S/C16H25NO/c1-2-18-16-12-8-7-11-15(16)17-13-14-9-5-3-4-6-10-14/h7-8,11-12,14,17H,2-6,9-10,13H2,1H3. The molecule has 2 nitrogen and oxygen atoms in total. The average molecular weight is 247 g/mol. The highest BCUT2D eigenvalue weighted by Crippen LogP contribution is 2.27. The third kappa shape index (κ3) is 3.94. The fourth-order valence-corrected chi connectivity index (χ4v) is 2.72. The normalized spacial score (nSPS) is 17.2. The van der Waals surface area contributed by atoms with Gasteiger partial charge in [-0.1, -0.05) is 37.8 Å². The second kappa shape index (κ2) is 7.30. The van der Waals surface area contributed by atoms with E-state index in [1.165, 1.54) is 38.5 Å². The van der Waals surface area contributed by atoms with Crippen LogP contribution in [0.15, 0.2) is 24.3 Å². The number of rotatable bonds is 5. The summed E-state index contributed by atoms with van der Waals surface area (Å²) >= 11 is 0. The lowest BCUT2D eigenvalue weighted by Gasteiger charge is -2.17. The molecule has 0 unspecified atom stereocenters. The fraction of sp³-hybridized carbons (Fsp3) is 0.625. The first-order valence-electron chi connectivity index (χ1n) is 7.36. The molecule has 0 heterocycles. The van der Waals surface area contributed by atoms with Crippen molar-refractivity contribution in [3.05, 3.63) is 24.3 Å². The molecular formula is C16H25NO. The van der Waals surface area contributed by atoms with Crippen molar-refractivity contribution in [3.8, 4) is 5.75 Å². The van der Waals surface area contributed by atoms with Gasteiger partial charge in [0.2, 0.25) is 0 Å². The van der Waals surface area contributed by atoms with Gasteiger partial charge in [0, 0.05) is 6.54 Å². The molecule has 1 aliphatic carbocycles. The second-order valence-corrected chi connectivity index (χ2v) is 5.17. The van der Waals surface area contributed by atoms with Crippen molar-refractivity contribution in [2.75, 3.05) is 18.5 Å². The van der Waals surface area contributed by atoms with Crippen LogP contribution >= 0.6 is 0 Å². The zero-order valence-corrected chi connectivity index (χ0v) is 11.5. The van der Waals surface area contributed by atoms with Crippen LogP contribution in [-0.4, -0.2) is 13.2 Å². The number of para-hydroxylation sites is 2. The Morgan fingerprint density at radius 1 is 1.11 bits per heavy atom. The summed E-state index contributed by atoms with van der Waals surface area (Å²) in [5.41, 5.74) is 1.14. The van der Waals surface area contributed by atoms with Crippen molar-refractivity contribution >= 4 is 5.69 Å². The molecule has 0 saturated heterocycles. The minimum absolute atomic E-state index is 0.724. The smallest absolute Gasteiger partial charge is 0.142 e. The first-order valence-corrected chi connectivity index (χ1v) is 7.36. The minimum atomic E-state index is 0.724. The predicted octanol–water partition coefficient (Wildman–Crippen LogP) is 4.47. The summed E-state index contributed by atoms with van der Waals surface area (Å²) < 4.78 is 5.64. The maximum absolute atomic E-state index is 5.64. The molecule has 1 saturated carbocycles. The molecule has 0 radical (unpaired) electrons. The van der Waals surface area contributed by atoms with Crippen molar-refractivity contribution in [1.82, 2.24) is 0 Å². The molecule has 0 spiro atoms. The molecule has 100 valence electrons. The van der Waals surface area contributed by atoms with Gasteiger partial charge in [0.25, 0.3) is 0 Å². The van der Waals surface area contributed by atoms with Gasteiger partial charge in [-0.15, -0.1) is 0 Å². The number of hydrogen-bond donors (Lipinski definition) is 1. The van der Waals surface area contributed by atoms with Gasteiger partial charge >= 0.3 is 0 Å². The fourth-order valence-electron chi connectivity index (χ4n) is 2.72. The maximum Gasteiger partial charge on any atom is 0.142 e. The monoisotopic (exact) mass is 247 g/mol. The maximum atomic E-state index is 5.64. The van der Waals surface area contributed by atoms with E-state index in [2.05, 4.69) is 17.4 Å². The van der Waals surface area contributed by atoms with E-state index in [1.807, 2.05) is 19.1 Å². The van der Waals surface area contributed by atoms with E-state index < -0.39 is 0 Å². The summed E-state index contributed by atoms with van der Waals surface area (Å²) in [7, 11) is 0. The molecular weight excluding hydrogens is 222 g/mol. The van der Waals surface area contributed by atoms with Crippen molar-refractivity contribution in [2.24, 2.45) is 5.92 Å². The summed E-state index contributed by atoms with van der Waals surface area (Å²) in [5, 5.41) is 3.57. The lowest BCUT2D eigenvalue weighted by atomic mass is 10.0. The summed E-state index contributed by atoms with van der Waals surface area (Å²) in [4.78, 5) is 0. The van der Waals surface area contributed by atoms with Crippen LogP contribution < -0.4 is 10.1 Å².